The van der Waals surface area contributed by atoms with Gasteiger partial charge in [0.1, 0.15) is 6.29 Å². The van der Waals surface area contributed by atoms with Gasteiger partial charge in [0.2, 0.25) is 6.79 Å². The van der Waals surface area contributed by atoms with Crippen molar-refractivity contribution >= 4 is 25.6 Å². The zero-order valence-electron chi connectivity index (χ0n) is 12.4. The van der Waals surface area contributed by atoms with Crippen LogP contribution in [0.2, 0.25) is 0 Å². The van der Waals surface area contributed by atoms with Gasteiger partial charge < -0.3 is 24.8 Å². The third-order valence-electron chi connectivity index (χ3n) is 3.14. The van der Waals surface area contributed by atoms with Crippen LogP contribution in [0.5, 0.6) is 0 Å². The molecule has 0 heterocycles. The van der Waals surface area contributed by atoms with E-state index in [1.54, 1.807) is 0 Å². The first-order chi connectivity index (χ1) is 10.8. The molecule has 1 fully saturated rings. The van der Waals surface area contributed by atoms with E-state index in [0.717, 1.165) is 32.1 Å². The second-order valence-electron chi connectivity index (χ2n) is 4.99. The van der Waals surface area contributed by atoms with E-state index in [1.165, 1.54) is 0 Å². The molecule has 1 amide bonds. The monoisotopic (exact) mass is 353 g/mol. The average Bonchev–Trinajstić information content (AvgIpc) is 2.52. The lowest BCUT2D eigenvalue weighted by Gasteiger charge is -2.19. The van der Waals surface area contributed by atoms with Crippen LogP contribution in [0.3, 0.4) is 0 Å². The minimum atomic E-state index is -4.27. The molecule has 1 atom stereocenters. The lowest BCUT2D eigenvalue weighted by atomic mass is 9.89. The zero-order chi connectivity index (χ0) is 17.3. The van der Waals surface area contributed by atoms with Gasteiger partial charge in [-0.05, 0) is 12.8 Å². The number of hydrogen-bond acceptors (Lipinski definition) is 7. The fourth-order valence-electron chi connectivity index (χ4n) is 2.01. The molecule has 0 radical (unpaired) electrons. The second-order valence-corrected chi connectivity index (χ2v) is 6.84. The van der Waals surface area contributed by atoms with Gasteiger partial charge in [0.25, 0.3) is 0 Å². The molecule has 0 aliphatic heterocycles. The van der Waals surface area contributed by atoms with E-state index in [1.807, 2.05) is 5.32 Å². The average molecular weight is 353 g/mol. The van der Waals surface area contributed by atoms with Crippen molar-refractivity contribution in [3.63, 3.8) is 0 Å². The van der Waals surface area contributed by atoms with Crippen LogP contribution in [0, 0.1) is 5.92 Å². The van der Waals surface area contributed by atoms with Crippen molar-refractivity contribution in [2.24, 2.45) is 5.92 Å². The van der Waals surface area contributed by atoms with E-state index in [2.05, 4.69) is 9.26 Å². The van der Waals surface area contributed by atoms with Crippen molar-refractivity contribution < 1.29 is 42.9 Å². The molecule has 0 aromatic carbocycles. The Morgan fingerprint density at radius 2 is 1.78 bits per heavy atom. The number of amides is 1. The van der Waals surface area contributed by atoms with Gasteiger partial charge in [0, 0.05) is 0 Å². The molecular weight excluding hydrogens is 333 g/mol. The third-order valence-corrected chi connectivity index (χ3v) is 4.23. The van der Waals surface area contributed by atoms with Crippen LogP contribution in [-0.4, -0.2) is 47.7 Å². The van der Waals surface area contributed by atoms with Crippen LogP contribution in [-0.2, 0) is 28.2 Å². The molecule has 23 heavy (non-hydrogen) atoms. The number of ether oxygens (including phenoxy) is 2. The number of hydrogen-bond donors (Lipinski definition) is 3. The fraction of sp³-hybridized carbons (Fsp3) is 0.750. The van der Waals surface area contributed by atoms with Crippen molar-refractivity contribution in [3.05, 3.63) is 0 Å². The number of carboxylic acid groups (broad SMARTS) is 1. The first kappa shape index (κ1) is 19.4. The van der Waals surface area contributed by atoms with Crippen molar-refractivity contribution in [1.29, 1.82) is 0 Å². The van der Waals surface area contributed by atoms with Crippen LogP contribution in [0.4, 0.5) is 4.79 Å². The van der Waals surface area contributed by atoms with Crippen LogP contribution in [0.25, 0.3) is 0 Å². The van der Waals surface area contributed by atoms with E-state index in [0.29, 0.717) is 0 Å². The molecule has 11 heteroatoms. The molecule has 0 spiro atoms. The van der Waals surface area contributed by atoms with Gasteiger partial charge in [-0.2, -0.15) is 0 Å². The lowest BCUT2D eigenvalue weighted by molar-refractivity contribution is -0.158. The molecule has 0 bridgehead atoms. The predicted molar refractivity (Wildman–Crippen MR) is 75.4 cm³/mol. The summed E-state index contributed by atoms with van der Waals surface area (Å²) < 4.78 is 24.9. The number of esters is 1. The van der Waals surface area contributed by atoms with Crippen molar-refractivity contribution in [2.75, 3.05) is 19.7 Å². The van der Waals surface area contributed by atoms with Gasteiger partial charge in [-0.1, -0.05) is 19.3 Å². The number of nitrogens with one attached hydrogen (secondary N) is 1. The van der Waals surface area contributed by atoms with Crippen LogP contribution in [0.15, 0.2) is 0 Å². The maximum absolute atomic E-state index is 11.7. The van der Waals surface area contributed by atoms with Gasteiger partial charge in [-0.3, -0.25) is 13.9 Å². The normalized spacial score (nSPS) is 17.8. The summed E-state index contributed by atoms with van der Waals surface area (Å²) in [6.45, 7) is -1.57. The number of rotatable bonds is 8. The molecule has 0 saturated heterocycles. The number of aliphatic carboxylic acids is 1. The summed E-state index contributed by atoms with van der Waals surface area (Å²) in [7, 11) is -4.27. The largest absolute Gasteiger partial charge is 0.480 e. The van der Waals surface area contributed by atoms with Gasteiger partial charge in [0.05, 0.1) is 5.92 Å². The maximum Gasteiger partial charge on any atom is 0.410 e. The molecular formula is C12H20NO9P. The second kappa shape index (κ2) is 9.49. The van der Waals surface area contributed by atoms with E-state index in [-0.39, 0.29) is 5.92 Å². The third kappa shape index (κ3) is 8.53. The first-order valence-corrected chi connectivity index (χ1v) is 8.82. The maximum atomic E-state index is 11.7. The van der Waals surface area contributed by atoms with Gasteiger partial charge in [-0.25, -0.2) is 9.59 Å². The molecule has 3 N–H and O–H groups in total. The smallest absolute Gasteiger partial charge is 0.410 e. The van der Waals surface area contributed by atoms with Gasteiger partial charge >= 0.3 is 25.6 Å². The highest BCUT2D eigenvalue weighted by Crippen LogP contribution is 2.39. The van der Waals surface area contributed by atoms with E-state index < -0.39 is 45.3 Å². The minimum absolute atomic E-state index is 0.183. The number of carbonyl (C=O) groups excluding carboxylic acids is 2. The Kier molecular flexibility index (Phi) is 8.01. The van der Waals surface area contributed by atoms with Crippen LogP contribution >= 0.6 is 7.60 Å². The van der Waals surface area contributed by atoms with Gasteiger partial charge in [0.15, 0.2) is 6.61 Å². The SMILES string of the molecule is O=C(O)COP(=O)(O)CNC(=O)OCOC(=O)C1CCCCC1. The van der Waals surface area contributed by atoms with Crippen molar-refractivity contribution in [2.45, 2.75) is 32.1 Å². The van der Waals surface area contributed by atoms with Crippen molar-refractivity contribution in [3.8, 4) is 0 Å². The highest BCUT2D eigenvalue weighted by atomic mass is 31.2. The standard InChI is InChI=1S/C12H20NO9P/c14-10(15)6-22-23(18,19)7-13-12(17)21-8-20-11(16)9-4-2-1-3-5-9/h9H,1-8H2,(H,13,17)(H,14,15)(H,18,19). The number of alkyl carbamates (subject to hydrolysis) is 1. The molecule has 1 unspecified atom stereocenters. The topological polar surface area (TPSA) is 148 Å². The summed E-state index contributed by atoms with van der Waals surface area (Å²) >= 11 is 0. The summed E-state index contributed by atoms with van der Waals surface area (Å²) in [6, 6.07) is 0. The van der Waals surface area contributed by atoms with E-state index in [9.17, 15) is 23.8 Å². The lowest BCUT2D eigenvalue weighted by Crippen LogP contribution is -2.28. The number of carboxylic acids is 1. The van der Waals surface area contributed by atoms with E-state index in [4.69, 9.17) is 9.84 Å². The minimum Gasteiger partial charge on any atom is -0.480 e. The first-order valence-electron chi connectivity index (χ1n) is 7.05. The highest BCUT2D eigenvalue weighted by Gasteiger charge is 2.24. The molecule has 0 aromatic rings. The Labute approximate surface area is 132 Å². The summed E-state index contributed by atoms with van der Waals surface area (Å²) in [6.07, 6.45) is 2.60. The Morgan fingerprint density at radius 1 is 1.13 bits per heavy atom. The number of carbonyl (C=O) groups is 3. The molecule has 0 aromatic heterocycles. The Bertz CT molecular complexity index is 475. The molecule has 132 valence electrons. The quantitative estimate of drug-likeness (QED) is 0.330. The van der Waals surface area contributed by atoms with Crippen LogP contribution in [0.1, 0.15) is 32.1 Å². The summed E-state index contributed by atoms with van der Waals surface area (Å²) in [5.41, 5.74) is 0. The molecule has 10 nitrogen and oxygen atoms in total. The molecule has 1 saturated carbocycles. The molecule has 1 rings (SSSR count). The fourth-order valence-corrected chi connectivity index (χ4v) is 2.75. The molecule has 1 aliphatic rings. The Balaban J connectivity index is 2.17. The summed E-state index contributed by atoms with van der Waals surface area (Å²) in [4.78, 5) is 42.3. The Morgan fingerprint density at radius 3 is 2.39 bits per heavy atom. The summed E-state index contributed by atoms with van der Waals surface area (Å²) in [5.74, 6) is -2.04. The van der Waals surface area contributed by atoms with Gasteiger partial charge in [-0.15, -0.1) is 0 Å². The predicted octanol–water partition coefficient (Wildman–Crippen LogP) is 1.04. The molecule has 1 aliphatic carbocycles. The zero-order valence-corrected chi connectivity index (χ0v) is 13.3. The van der Waals surface area contributed by atoms with Crippen LogP contribution < -0.4 is 5.32 Å². The summed E-state index contributed by atoms with van der Waals surface area (Å²) in [5, 5.41) is 10.2. The Hall–Kier alpha value is -1.64. The van der Waals surface area contributed by atoms with E-state index >= 15 is 0 Å². The highest BCUT2D eigenvalue weighted by molar-refractivity contribution is 7.52. The van der Waals surface area contributed by atoms with Crippen molar-refractivity contribution in [1.82, 2.24) is 5.32 Å².